The number of fused-ring (bicyclic) bond motifs is 1. The third-order valence-electron chi connectivity index (χ3n) is 6.01. The number of carbonyl (C=O) groups is 2. The maximum atomic E-state index is 12.9. The fourth-order valence-electron chi connectivity index (χ4n) is 4.25. The number of sulfonamides is 1. The highest BCUT2D eigenvalue weighted by atomic mass is 32.2. The molecule has 2 amide bonds. The Morgan fingerprint density at radius 3 is 2.53 bits per heavy atom. The molecule has 0 radical (unpaired) electrons. The second kappa shape index (κ2) is 8.72. The van der Waals surface area contributed by atoms with Crippen LogP contribution in [0.1, 0.15) is 46.5 Å². The highest BCUT2D eigenvalue weighted by molar-refractivity contribution is 7.89. The molecule has 0 saturated carbocycles. The zero-order valence-corrected chi connectivity index (χ0v) is 20.4. The van der Waals surface area contributed by atoms with Gasteiger partial charge >= 0.3 is 0 Å². The molecule has 1 N–H and O–H groups in total. The van der Waals surface area contributed by atoms with Crippen LogP contribution in [0.3, 0.4) is 0 Å². The maximum absolute atomic E-state index is 12.9. The van der Waals surface area contributed by atoms with Crippen LogP contribution < -0.4 is 5.32 Å². The lowest BCUT2D eigenvalue weighted by Gasteiger charge is -2.35. The van der Waals surface area contributed by atoms with Gasteiger partial charge in [0.05, 0.1) is 21.0 Å². The highest BCUT2D eigenvalue weighted by Crippen LogP contribution is 2.31. The predicted octanol–water partition coefficient (Wildman–Crippen LogP) is 3.30. The van der Waals surface area contributed by atoms with Crippen molar-refractivity contribution in [1.82, 2.24) is 14.2 Å². The first kappa shape index (κ1) is 23.1. The molecule has 0 bridgehead atoms. The molecular formula is C22H30N4O4S2. The molecule has 1 atom stereocenters. The van der Waals surface area contributed by atoms with Crippen molar-refractivity contribution in [1.29, 1.82) is 0 Å². The number of benzene rings is 1. The van der Waals surface area contributed by atoms with E-state index in [1.165, 1.54) is 15.6 Å². The third kappa shape index (κ3) is 4.67. The minimum absolute atomic E-state index is 0.0572. The number of aromatic nitrogens is 1. The summed E-state index contributed by atoms with van der Waals surface area (Å²) in [7, 11) is -3.50. The summed E-state index contributed by atoms with van der Waals surface area (Å²) in [4.78, 5) is 32.0. The van der Waals surface area contributed by atoms with Gasteiger partial charge in [0.2, 0.25) is 21.8 Å². The normalized spacial score (nSPS) is 20.6. The molecule has 0 spiro atoms. The summed E-state index contributed by atoms with van der Waals surface area (Å²) < 4.78 is 27.9. The number of hydrogen-bond donors (Lipinski definition) is 1. The summed E-state index contributed by atoms with van der Waals surface area (Å²) in [5.41, 5.74) is 0.178. The van der Waals surface area contributed by atoms with E-state index >= 15 is 0 Å². The molecule has 3 heterocycles. The van der Waals surface area contributed by atoms with Crippen LogP contribution in [0.4, 0.5) is 5.13 Å². The van der Waals surface area contributed by atoms with Crippen LogP contribution in [0, 0.1) is 11.3 Å². The molecule has 2 aliphatic rings. The van der Waals surface area contributed by atoms with E-state index in [0.717, 1.165) is 25.7 Å². The molecule has 2 saturated heterocycles. The Morgan fingerprint density at radius 1 is 1.12 bits per heavy atom. The highest BCUT2D eigenvalue weighted by Gasteiger charge is 2.34. The van der Waals surface area contributed by atoms with Crippen LogP contribution in [0.15, 0.2) is 23.1 Å². The SMILES string of the molecule is CC(C)(C)C(=O)N1CCCC(C(=O)Nc2nc3ccc(S(=O)(=O)N4CCCC4)cc3s2)C1. The number of nitrogens with one attached hydrogen (secondary N) is 1. The Bertz CT molecular complexity index is 1130. The fraction of sp³-hybridized carbons (Fsp3) is 0.591. The molecule has 1 unspecified atom stereocenters. The van der Waals surface area contributed by atoms with E-state index in [1.54, 1.807) is 23.1 Å². The van der Waals surface area contributed by atoms with E-state index in [9.17, 15) is 18.0 Å². The standard InChI is InChI=1S/C22H30N4O4S2/c1-22(2,3)20(28)25-10-6-7-15(14-25)19(27)24-21-23-17-9-8-16(13-18(17)31-21)32(29,30)26-11-4-5-12-26/h8-9,13,15H,4-7,10-12,14H2,1-3H3,(H,23,24,27). The largest absolute Gasteiger partial charge is 0.341 e. The molecule has 2 aliphatic heterocycles. The Hall–Kier alpha value is -2.04. The van der Waals surface area contributed by atoms with Crippen LogP contribution in [0.2, 0.25) is 0 Å². The Labute approximate surface area is 193 Å². The van der Waals surface area contributed by atoms with Crippen molar-refractivity contribution >= 4 is 48.5 Å². The number of thiazole rings is 1. The van der Waals surface area contributed by atoms with E-state index in [4.69, 9.17) is 0 Å². The van der Waals surface area contributed by atoms with Gasteiger partial charge in [0.1, 0.15) is 0 Å². The average Bonchev–Trinajstić information content (AvgIpc) is 3.42. The Kier molecular flexibility index (Phi) is 6.30. The monoisotopic (exact) mass is 478 g/mol. The van der Waals surface area contributed by atoms with Crippen LogP contribution in [0.5, 0.6) is 0 Å². The molecule has 4 rings (SSSR count). The summed E-state index contributed by atoms with van der Waals surface area (Å²) in [5, 5.41) is 3.33. The Balaban J connectivity index is 1.47. The third-order valence-corrected chi connectivity index (χ3v) is 8.84. The second-order valence-electron chi connectivity index (χ2n) is 9.59. The molecule has 32 heavy (non-hydrogen) atoms. The van der Waals surface area contributed by atoms with Crippen molar-refractivity contribution in [3.8, 4) is 0 Å². The van der Waals surface area contributed by atoms with Crippen molar-refractivity contribution in [2.45, 2.75) is 51.3 Å². The van der Waals surface area contributed by atoms with Crippen molar-refractivity contribution in [3.05, 3.63) is 18.2 Å². The number of likely N-dealkylation sites (tertiary alicyclic amines) is 1. The number of hydrogen-bond acceptors (Lipinski definition) is 6. The molecule has 0 aliphatic carbocycles. The molecule has 1 aromatic carbocycles. The van der Waals surface area contributed by atoms with Crippen molar-refractivity contribution in [2.75, 3.05) is 31.5 Å². The van der Waals surface area contributed by atoms with E-state index in [0.29, 0.717) is 41.5 Å². The van der Waals surface area contributed by atoms with Gasteiger partial charge in [0.25, 0.3) is 0 Å². The number of piperidine rings is 1. The first-order chi connectivity index (χ1) is 15.1. The van der Waals surface area contributed by atoms with Crippen molar-refractivity contribution in [3.63, 3.8) is 0 Å². The van der Waals surface area contributed by atoms with Crippen LogP contribution >= 0.6 is 11.3 Å². The number of anilines is 1. The maximum Gasteiger partial charge on any atom is 0.243 e. The lowest BCUT2D eigenvalue weighted by Crippen LogP contribution is -2.47. The summed E-state index contributed by atoms with van der Waals surface area (Å²) in [6.07, 6.45) is 3.29. The molecule has 10 heteroatoms. The average molecular weight is 479 g/mol. The van der Waals surface area contributed by atoms with Gasteiger partial charge in [0.15, 0.2) is 5.13 Å². The van der Waals surface area contributed by atoms with Crippen molar-refractivity contribution < 1.29 is 18.0 Å². The van der Waals surface area contributed by atoms with E-state index in [1.807, 2.05) is 20.8 Å². The minimum atomic E-state index is -3.50. The van der Waals surface area contributed by atoms with Gasteiger partial charge in [-0.2, -0.15) is 4.31 Å². The quantitative estimate of drug-likeness (QED) is 0.727. The van der Waals surface area contributed by atoms with Gasteiger partial charge in [-0.25, -0.2) is 13.4 Å². The molecule has 2 aromatic rings. The van der Waals surface area contributed by atoms with E-state index < -0.39 is 15.4 Å². The number of rotatable bonds is 4. The lowest BCUT2D eigenvalue weighted by molar-refractivity contribution is -0.142. The summed E-state index contributed by atoms with van der Waals surface area (Å²) in [6, 6.07) is 4.91. The van der Waals surface area contributed by atoms with Crippen LogP contribution in [-0.2, 0) is 19.6 Å². The predicted molar refractivity (Wildman–Crippen MR) is 125 cm³/mol. The molecular weight excluding hydrogens is 448 g/mol. The minimum Gasteiger partial charge on any atom is -0.341 e. The first-order valence-electron chi connectivity index (χ1n) is 11.1. The topological polar surface area (TPSA) is 99.7 Å². The molecule has 8 nitrogen and oxygen atoms in total. The van der Waals surface area contributed by atoms with Gasteiger partial charge in [-0.05, 0) is 43.9 Å². The van der Waals surface area contributed by atoms with Crippen LogP contribution in [0.25, 0.3) is 10.2 Å². The van der Waals surface area contributed by atoms with E-state index in [-0.39, 0.29) is 22.6 Å². The van der Waals surface area contributed by atoms with Crippen molar-refractivity contribution in [2.24, 2.45) is 11.3 Å². The van der Waals surface area contributed by atoms with Gasteiger partial charge in [0, 0.05) is 31.6 Å². The lowest BCUT2D eigenvalue weighted by atomic mass is 9.91. The van der Waals surface area contributed by atoms with Gasteiger partial charge < -0.3 is 10.2 Å². The number of nitrogens with zero attached hydrogens (tertiary/aromatic N) is 3. The zero-order chi connectivity index (χ0) is 23.1. The van der Waals surface area contributed by atoms with Gasteiger partial charge in [-0.1, -0.05) is 32.1 Å². The molecule has 174 valence electrons. The Morgan fingerprint density at radius 2 is 1.84 bits per heavy atom. The molecule has 1 aromatic heterocycles. The summed E-state index contributed by atoms with van der Waals surface area (Å²) in [6.45, 7) is 7.86. The van der Waals surface area contributed by atoms with Gasteiger partial charge in [-0.15, -0.1) is 0 Å². The number of amides is 2. The summed E-state index contributed by atoms with van der Waals surface area (Å²) >= 11 is 1.27. The van der Waals surface area contributed by atoms with Crippen LogP contribution in [-0.4, -0.2) is 60.6 Å². The fourth-order valence-corrected chi connectivity index (χ4v) is 6.78. The molecule has 2 fully saturated rings. The first-order valence-corrected chi connectivity index (χ1v) is 13.3. The smallest absolute Gasteiger partial charge is 0.243 e. The second-order valence-corrected chi connectivity index (χ2v) is 12.6. The summed E-state index contributed by atoms with van der Waals surface area (Å²) in [5.74, 6) is -0.379. The van der Waals surface area contributed by atoms with E-state index in [2.05, 4.69) is 10.3 Å². The zero-order valence-electron chi connectivity index (χ0n) is 18.8. The van der Waals surface area contributed by atoms with Gasteiger partial charge in [-0.3, -0.25) is 9.59 Å². The number of carbonyl (C=O) groups excluding carboxylic acids is 2.